The molecule has 1 fully saturated rings. The zero-order valence-corrected chi connectivity index (χ0v) is 11.3. The predicted molar refractivity (Wildman–Crippen MR) is 79.0 cm³/mol. The Morgan fingerprint density at radius 3 is 2.89 bits per heavy atom. The van der Waals surface area contributed by atoms with Crippen LogP contribution < -0.4 is 11.1 Å². The molecular formula is C15H20N4. The van der Waals surface area contributed by atoms with Gasteiger partial charge < -0.3 is 11.1 Å². The van der Waals surface area contributed by atoms with Gasteiger partial charge in [-0.15, -0.1) is 0 Å². The van der Waals surface area contributed by atoms with Gasteiger partial charge in [0.2, 0.25) is 0 Å². The smallest absolute Gasteiger partial charge is 0.137 e. The summed E-state index contributed by atoms with van der Waals surface area (Å²) in [5.41, 5.74) is 7.94. The number of benzene rings is 1. The van der Waals surface area contributed by atoms with Crippen molar-refractivity contribution < 1.29 is 0 Å². The summed E-state index contributed by atoms with van der Waals surface area (Å²) in [5, 5.41) is 4.55. The third-order valence-corrected chi connectivity index (χ3v) is 4.03. The first-order chi connectivity index (χ1) is 9.22. The topological polar surface area (TPSA) is 63.8 Å². The summed E-state index contributed by atoms with van der Waals surface area (Å²) in [6.07, 6.45) is 6.83. The maximum Gasteiger partial charge on any atom is 0.137 e. The van der Waals surface area contributed by atoms with Gasteiger partial charge >= 0.3 is 0 Å². The molecule has 0 radical (unpaired) electrons. The lowest BCUT2D eigenvalue weighted by Gasteiger charge is -2.16. The molecule has 3 rings (SSSR count). The quantitative estimate of drug-likeness (QED) is 0.806. The van der Waals surface area contributed by atoms with Gasteiger partial charge in [0, 0.05) is 17.6 Å². The summed E-state index contributed by atoms with van der Waals surface area (Å²) in [6, 6.07) is 5.78. The Morgan fingerprint density at radius 2 is 2.16 bits per heavy atom. The van der Waals surface area contributed by atoms with E-state index in [-0.39, 0.29) is 0 Å². The molecule has 0 amide bonds. The maximum atomic E-state index is 5.79. The second-order valence-corrected chi connectivity index (χ2v) is 5.60. The van der Waals surface area contributed by atoms with Gasteiger partial charge in [0.1, 0.15) is 12.1 Å². The van der Waals surface area contributed by atoms with Crippen molar-refractivity contribution in [2.75, 3.05) is 17.6 Å². The van der Waals surface area contributed by atoms with Crippen molar-refractivity contribution in [3.63, 3.8) is 0 Å². The minimum atomic E-state index is 0.514. The molecule has 3 N–H and O–H groups in total. The molecule has 1 aliphatic carbocycles. The first-order valence-electron chi connectivity index (χ1n) is 6.97. The maximum absolute atomic E-state index is 5.79. The fourth-order valence-corrected chi connectivity index (χ4v) is 2.71. The molecule has 0 spiro atoms. The monoisotopic (exact) mass is 256 g/mol. The highest BCUT2D eigenvalue weighted by Gasteiger charge is 2.41. The molecule has 2 aromatic rings. The van der Waals surface area contributed by atoms with Crippen molar-refractivity contribution in [1.82, 2.24) is 9.97 Å². The predicted octanol–water partition coefficient (Wildman–Crippen LogP) is 3.20. The van der Waals surface area contributed by atoms with Crippen molar-refractivity contribution >= 4 is 22.4 Å². The number of nitrogens with zero attached hydrogens (tertiary/aromatic N) is 2. The van der Waals surface area contributed by atoms with Crippen molar-refractivity contribution in [3.05, 3.63) is 24.5 Å². The minimum Gasteiger partial charge on any atom is -0.399 e. The fraction of sp³-hybridized carbons (Fsp3) is 0.467. The van der Waals surface area contributed by atoms with Crippen LogP contribution in [-0.4, -0.2) is 16.5 Å². The van der Waals surface area contributed by atoms with Crippen LogP contribution in [0.1, 0.15) is 32.6 Å². The molecule has 0 aliphatic heterocycles. The van der Waals surface area contributed by atoms with E-state index in [4.69, 9.17) is 5.73 Å². The van der Waals surface area contributed by atoms with Crippen molar-refractivity contribution in [3.8, 4) is 0 Å². The van der Waals surface area contributed by atoms with Crippen LogP contribution in [0.15, 0.2) is 24.5 Å². The van der Waals surface area contributed by atoms with Crippen LogP contribution >= 0.6 is 0 Å². The lowest BCUT2D eigenvalue weighted by Crippen LogP contribution is -2.16. The second-order valence-electron chi connectivity index (χ2n) is 5.60. The number of nitrogen functional groups attached to an aromatic ring is 1. The van der Waals surface area contributed by atoms with E-state index >= 15 is 0 Å². The van der Waals surface area contributed by atoms with Crippen LogP contribution in [0.25, 0.3) is 10.9 Å². The number of hydrogen-bond donors (Lipinski definition) is 2. The number of nitrogens with one attached hydrogen (secondary N) is 1. The van der Waals surface area contributed by atoms with Crippen LogP contribution in [0.3, 0.4) is 0 Å². The van der Waals surface area contributed by atoms with E-state index in [1.807, 2.05) is 18.2 Å². The molecule has 100 valence electrons. The van der Waals surface area contributed by atoms with Gasteiger partial charge in [-0.3, -0.25) is 0 Å². The molecule has 1 saturated carbocycles. The summed E-state index contributed by atoms with van der Waals surface area (Å²) in [5.74, 6) is 0.923. The van der Waals surface area contributed by atoms with Crippen LogP contribution in [0, 0.1) is 5.41 Å². The normalized spacial score (nSPS) is 16.5. The van der Waals surface area contributed by atoms with Crippen LogP contribution in [0.2, 0.25) is 0 Å². The molecule has 1 aromatic carbocycles. The molecule has 0 atom stereocenters. The van der Waals surface area contributed by atoms with E-state index < -0.39 is 0 Å². The van der Waals surface area contributed by atoms with E-state index in [1.54, 1.807) is 6.33 Å². The van der Waals surface area contributed by atoms with E-state index in [0.29, 0.717) is 5.41 Å². The second kappa shape index (κ2) is 4.68. The van der Waals surface area contributed by atoms with Gasteiger partial charge in [0.15, 0.2) is 0 Å². The molecule has 19 heavy (non-hydrogen) atoms. The number of fused-ring (bicyclic) bond motifs is 1. The van der Waals surface area contributed by atoms with Gasteiger partial charge in [-0.25, -0.2) is 9.97 Å². The molecule has 1 aliphatic rings. The highest BCUT2D eigenvalue weighted by atomic mass is 15.0. The largest absolute Gasteiger partial charge is 0.399 e. The molecule has 1 heterocycles. The van der Waals surface area contributed by atoms with E-state index in [1.165, 1.54) is 25.7 Å². The molecule has 4 nitrogen and oxygen atoms in total. The number of aromatic nitrogens is 2. The third kappa shape index (κ3) is 2.48. The molecular weight excluding hydrogens is 236 g/mol. The number of anilines is 2. The standard InChI is InChI=1S/C15H20N4/c1-2-5-15(6-7-15)9-17-14-12-4-3-11(16)8-13(12)18-10-19-14/h3-4,8,10H,2,5-7,9,16H2,1H3,(H,17,18,19). The lowest BCUT2D eigenvalue weighted by molar-refractivity contribution is 0.485. The summed E-state index contributed by atoms with van der Waals surface area (Å²) >= 11 is 0. The van der Waals surface area contributed by atoms with Crippen molar-refractivity contribution in [2.45, 2.75) is 32.6 Å². The Morgan fingerprint density at radius 1 is 1.32 bits per heavy atom. The van der Waals surface area contributed by atoms with Crippen LogP contribution in [-0.2, 0) is 0 Å². The SMILES string of the molecule is CCCC1(CNc2ncnc3cc(N)ccc23)CC1. The lowest BCUT2D eigenvalue weighted by atomic mass is 10.0. The van der Waals surface area contributed by atoms with Crippen molar-refractivity contribution in [2.24, 2.45) is 5.41 Å². The Bertz CT molecular complexity index is 590. The van der Waals surface area contributed by atoms with Crippen LogP contribution in [0.5, 0.6) is 0 Å². The number of nitrogens with two attached hydrogens (primary N) is 1. The minimum absolute atomic E-state index is 0.514. The Balaban J connectivity index is 1.81. The summed E-state index contributed by atoms with van der Waals surface area (Å²) in [7, 11) is 0. The highest BCUT2D eigenvalue weighted by Crippen LogP contribution is 2.49. The molecule has 0 unspecified atom stereocenters. The summed E-state index contributed by atoms with van der Waals surface area (Å²) < 4.78 is 0. The van der Waals surface area contributed by atoms with Gasteiger partial charge in [-0.1, -0.05) is 13.3 Å². The number of rotatable bonds is 5. The number of hydrogen-bond acceptors (Lipinski definition) is 4. The molecule has 4 heteroatoms. The Labute approximate surface area is 113 Å². The molecule has 0 bridgehead atoms. The Kier molecular flexibility index (Phi) is 3.01. The highest BCUT2D eigenvalue weighted by molar-refractivity contribution is 5.90. The van der Waals surface area contributed by atoms with Gasteiger partial charge in [0.25, 0.3) is 0 Å². The molecule has 0 saturated heterocycles. The average molecular weight is 256 g/mol. The third-order valence-electron chi connectivity index (χ3n) is 4.03. The van der Waals surface area contributed by atoms with Gasteiger partial charge in [-0.2, -0.15) is 0 Å². The van der Waals surface area contributed by atoms with E-state index in [0.717, 1.165) is 29.0 Å². The zero-order chi connectivity index (χ0) is 13.3. The summed E-state index contributed by atoms with van der Waals surface area (Å²) in [4.78, 5) is 8.63. The van der Waals surface area contributed by atoms with Crippen molar-refractivity contribution in [1.29, 1.82) is 0 Å². The van der Waals surface area contributed by atoms with Gasteiger partial charge in [0.05, 0.1) is 5.52 Å². The van der Waals surface area contributed by atoms with E-state index in [9.17, 15) is 0 Å². The molecule has 1 aromatic heterocycles. The van der Waals surface area contributed by atoms with E-state index in [2.05, 4.69) is 22.2 Å². The van der Waals surface area contributed by atoms with Crippen LogP contribution in [0.4, 0.5) is 11.5 Å². The average Bonchev–Trinajstić information content (AvgIpc) is 3.16. The van der Waals surface area contributed by atoms with Gasteiger partial charge in [-0.05, 0) is 42.9 Å². The Hall–Kier alpha value is -1.84. The zero-order valence-electron chi connectivity index (χ0n) is 11.3. The fourth-order valence-electron chi connectivity index (χ4n) is 2.71. The summed E-state index contributed by atoms with van der Waals surface area (Å²) in [6.45, 7) is 3.26. The first kappa shape index (κ1) is 12.2. The first-order valence-corrected chi connectivity index (χ1v) is 6.97.